The van der Waals surface area contributed by atoms with Gasteiger partial charge in [-0.25, -0.2) is 12.7 Å². The average molecular weight is 500 g/mol. The molecular weight excluding hydrogens is 471 g/mol. The highest BCUT2D eigenvalue weighted by molar-refractivity contribution is 14.0. The van der Waals surface area contributed by atoms with Gasteiger partial charge in [-0.2, -0.15) is 0 Å². The number of rotatable bonds is 6. The van der Waals surface area contributed by atoms with Crippen molar-refractivity contribution in [3.8, 4) is 0 Å². The largest absolute Gasteiger partial charge is 0.356 e. The summed E-state index contributed by atoms with van der Waals surface area (Å²) < 4.78 is 24.6. The lowest BCUT2D eigenvalue weighted by Gasteiger charge is -2.30. The molecule has 0 bridgehead atoms. The predicted octanol–water partition coefficient (Wildman–Crippen LogP) is 2.27. The van der Waals surface area contributed by atoms with Gasteiger partial charge in [-0.3, -0.25) is 4.99 Å². The number of aliphatic imine (C=N–C) groups is 1. The minimum Gasteiger partial charge on any atom is -0.356 e. The highest BCUT2D eigenvalue weighted by Gasteiger charge is 2.24. The number of nitrogens with one attached hydrogen (secondary N) is 2. The van der Waals surface area contributed by atoms with Gasteiger partial charge in [0.2, 0.25) is 10.0 Å². The van der Waals surface area contributed by atoms with Gasteiger partial charge in [0.05, 0.1) is 12.8 Å². The normalized spacial score (nSPS) is 17.2. The molecule has 0 spiro atoms. The Kier molecular flexibility index (Phi) is 9.68. The molecule has 1 saturated heterocycles. The lowest BCUT2D eigenvalue weighted by molar-refractivity contribution is 0.275. The van der Waals surface area contributed by atoms with E-state index in [1.165, 1.54) is 16.0 Å². The fourth-order valence-electron chi connectivity index (χ4n) is 2.78. The van der Waals surface area contributed by atoms with Crippen LogP contribution in [-0.4, -0.2) is 51.6 Å². The van der Waals surface area contributed by atoms with Crippen LogP contribution in [0.5, 0.6) is 0 Å². The van der Waals surface area contributed by atoms with Gasteiger partial charge in [0.25, 0.3) is 0 Å². The molecule has 0 aromatic carbocycles. The fraction of sp³-hybridized carbons (Fsp3) is 0.688. The molecular formula is C16H29IN4O2S2. The number of piperidine rings is 1. The number of guanidine groups is 1. The van der Waals surface area contributed by atoms with Crippen LogP contribution in [0.25, 0.3) is 0 Å². The summed E-state index contributed by atoms with van der Waals surface area (Å²) in [4.78, 5) is 6.96. The van der Waals surface area contributed by atoms with Crippen molar-refractivity contribution in [1.82, 2.24) is 14.9 Å². The van der Waals surface area contributed by atoms with Crippen LogP contribution < -0.4 is 10.6 Å². The van der Waals surface area contributed by atoms with Crippen LogP contribution in [0.3, 0.4) is 0 Å². The Bertz CT molecular complexity index is 653. The summed E-state index contributed by atoms with van der Waals surface area (Å²) in [7, 11) is -1.28. The Morgan fingerprint density at radius 1 is 1.28 bits per heavy atom. The summed E-state index contributed by atoms with van der Waals surface area (Å²) in [5.41, 5.74) is 0. The van der Waals surface area contributed by atoms with E-state index in [1.807, 2.05) is 11.3 Å². The second-order valence-electron chi connectivity index (χ2n) is 6.13. The summed E-state index contributed by atoms with van der Waals surface area (Å²) in [5, 5.41) is 6.70. The molecule has 25 heavy (non-hydrogen) atoms. The first-order valence-electron chi connectivity index (χ1n) is 8.39. The number of nitrogens with zero attached hydrogens (tertiary/aromatic N) is 2. The van der Waals surface area contributed by atoms with Gasteiger partial charge >= 0.3 is 0 Å². The van der Waals surface area contributed by atoms with Crippen LogP contribution in [0.4, 0.5) is 0 Å². The minimum atomic E-state index is -3.05. The standard InChI is InChI=1S/C16H28N4O2S2.HI/c1-4-14-5-6-15(23-14)12-19-16(17-2)18-11-13-7-9-20(10-8-13)24(3,21)22;/h5-6,13H,4,7-12H2,1-3H3,(H2,17,18,19);1H. The SMILES string of the molecule is CCc1ccc(CNC(=NC)NCC2CCN(S(C)(=O)=O)CC2)s1.I. The molecule has 2 rings (SSSR count). The number of hydrogen-bond acceptors (Lipinski definition) is 4. The van der Waals surface area contributed by atoms with Crippen LogP contribution in [-0.2, 0) is 23.0 Å². The summed E-state index contributed by atoms with van der Waals surface area (Å²) in [6.45, 7) is 5.00. The van der Waals surface area contributed by atoms with Gasteiger partial charge in [0.1, 0.15) is 0 Å². The van der Waals surface area contributed by atoms with Crippen molar-refractivity contribution in [1.29, 1.82) is 0 Å². The molecule has 1 aliphatic rings. The van der Waals surface area contributed by atoms with E-state index in [1.54, 1.807) is 11.4 Å². The molecule has 0 amide bonds. The van der Waals surface area contributed by atoms with Gasteiger partial charge in [0, 0.05) is 36.4 Å². The van der Waals surface area contributed by atoms with Gasteiger partial charge in [-0.05, 0) is 37.3 Å². The second-order valence-corrected chi connectivity index (χ2v) is 9.37. The van der Waals surface area contributed by atoms with E-state index in [0.717, 1.165) is 38.3 Å². The molecule has 1 fully saturated rings. The molecule has 9 heteroatoms. The van der Waals surface area contributed by atoms with Crippen LogP contribution in [0.15, 0.2) is 17.1 Å². The van der Waals surface area contributed by atoms with E-state index >= 15 is 0 Å². The van der Waals surface area contributed by atoms with E-state index in [4.69, 9.17) is 0 Å². The number of halogens is 1. The number of hydrogen-bond donors (Lipinski definition) is 2. The molecule has 1 aliphatic heterocycles. The highest BCUT2D eigenvalue weighted by atomic mass is 127. The second kappa shape index (κ2) is 10.7. The molecule has 2 N–H and O–H groups in total. The monoisotopic (exact) mass is 500 g/mol. The third-order valence-electron chi connectivity index (χ3n) is 4.32. The summed E-state index contributed by atoms with van der Waals surface area (Å²) >= 11 is 1.83. The smallest absolute Gasteiger partial charge is 0.211 e. The topological polar surface area (TPSA) is 73.8 Å². The van der Waals surface area contributed by atoms with Crippen molar-refractivity contribution in [2.45, 2.75) is 32.7 Å². The molecule has 1 aromatic rings. The molecule has 1 aromatic heterocycles. The lowest BCUT2D eigenvalue weighted by atomic mass is 9.98. The zero-order chi connectivity index (χ0) is 17.6. The highest BCUT2D eigenvalue weighted by Crippen LogP contribution is 2.18. The zero-order valence-electron chi connectivity index (χ0n) is 15.1. The summed E-state index contributed by atoms with van der Waals surface area (Å²) in [5.74, 6) is 1.28. The minimum absolute atomic E-state index is 0. The van der Waals surface area contributed by atoms with Crippen LogP contribution in [0.1, 0.15) is 29.5 Å². The molecule has 0 atom stereocenters. The van der Waals surface area contributed by atoms with E-state index in [2.05, 4.69) is 34.7 Å². The average Bonchev–Trinajstić information content (AvgIpc) is 3.02. The Morgan fingerprint density at radius 2 is 1.92 bits per heavy atom. The van der Waals surface area contributed by atoms with Gasteiger partial charge in [-0.1, -0.05) is 6.92 Å². The molecule has 6 nitrogen and oxygen atoms in total. The third kappa shape index (κ3) is 7.40. The predicted molar refractivity (Wildman–Crippen MR) is 116 cm³/mol. The Balaban J connectivity index is 0.00000312. The Hall–Kier alpha value is -0.390. The number of sulfonamides is 1. The van der Waals surface area contributed by atoms with Crippen LogP contribution in [0, 0.1) is 5.92 Å². The first-order chi connectivity index (χ1) is 11.4. The van der Waals surface area contributed by atoms with Crippen molar-refractivity contribution in [2.24, 2.45) is 10.9 Å². The maximum absolute atomic E-state index is 11.5. The van der Waals surface area contributed by atoms with Gasteiger partial charge in [0.15, 0.2) is 5.96 Å². The molecule has 2 heterocycles. The lowest BCUT2D eigenvalue weighted by Crippen LogP contribution is -2.43. The zero-order valence-corrected chi connectivity index (χ0v) is 19.1. The quantitative estimate of drug-likeness (QED) is 0.357. The summed E-state index contributed by atoms with van der Waals surface area (Å²) in [6.07, 6.45) is 4.14. The third-order valence-corrected chi connectivity index (χ3v) is 6.85. The van der Waals surface area contributed by atoms with Crippen molar-refractivity contribution in [2.75, 3.05) is 32.9 Å². The van der Waals surface area contributed by atoms with Crippen LogP contribution in [0.2, 0.25) is 0 Å². The molecule has 0 radical (unpaired) electrons. The maximum Gasteiger partial charge on any atom is 0.211 e. The number of thiophene rings is 1. The first-order valence-corrected chi connectivity index (χ1v) is 11.1. The van der Waals surface area contributed by atoms with Crippen molar-refractivity contribution < 1.29 is 8.42 Å². The summed E-state index contributed by atoms with van der Waals surface area (Å²) in [6, 6.07) is 4.33. The van der Waals surface area contributed by atoms with E-state index in [9.17, 15) is 8.42 Å². The van der Waals surface area contributed by atoms with Crippen LogP contribution >= 0.6 is 35.3 Å². The van der Waals surface area contributed by atoms with Gasteiger partial charge < -0.3 is 10.6 Å². The van der Waals surface area contributed by atoms with E-state index in [-0.39, 0.29) is 24.0 Å². The Morgan fingerprint density at radius 3 is 2.44 bits per heavy atom. The van der Waals surface area contributed by atoms with Crippen molar-refractivity contribution in [3.63, 3.8) is 0 Å². The molecule has 0 aliphatic carbocycles. The maximum atomic E-state index is 11.5. The van der Waals surface area contributed by atoms with E-state index in [0.29, 0.717) is 19.0 Å². The molecule has 0 saturated carbocycles. The Labute approximate surface area is 172 Å². The first kappa shape index (κ1) is 22.7. The number of aryl methyl sites for hydroxylation is 1. The van der Waals surface area contributed by atoms with Crippen molar-refractivity contribution in [3.05, 3.63) is 21.9 Å². The molecule has 0 unspecified atom stereocenters. The van der Waals surface area contributed by atoms with Gasteiger partial charge in [-0.15, -0.1) is 35.3 Å². The van der Waals surface area contributed by atoms with Crippen molar-refractivity contribution >= 4 is 51.3 Å². The molecule has 144 valence electrons. The fourth-order valence-corrected chi connectivity index (χ4v) is 4.56. The van der Waals surface area contributed by atoms with E-state index < -0.39 is 10.0 Å².